The number of hydrogen-bond donors (Lipinski definition) is 0. The van der Waals surface area contributed by atoms with Gasteiger partial charge in [-0.3, -0.25) is 0 Å². The van der Waals surface area contributed by atoms with Gasteiger partial charge >= 0.3 is 5.97 Å². The van der Waals surface area contributed by atoms with Crippen LogP contribution < -0.4 is 4.74 Å². The van der Waals surface area contributed by atoms with Gasteiger partial charge < -0.3 is 14.2 Å². The number of esters is 1. The summed E-state index contributed by atoms with van der Waals surface area (Å²) in [7, 11) is 0. The second-order valence-electron chi connectivity index (χ2n) is 5.66. The second kappa shape index (κ2) is 6.09. The van der Waals surface area contributed by atoms with Crippen molar-refractivity contribution in [1.82, 2.24) is 0 Å². The van der Waals surface area contributed by atoms with Gasteiger partial charge in [0.25, 0.3) is 0 Å². The fraction of sp³-hybridized carbons (Fsp3) is 0.438. The predicted molar refractivity (Wildman–Crippen MR) is 75.6 cm³/mol. The third-order valence-corrected chi connectivity index (χ3v) is 2.61. The molecule has 0 radical (unpaired) electrons. The SMILES string of the molecule is CC(C)(C)OC(=O)/C=C/[C@@H]1O[C@H]1COc1ccccc1. The molecule has 0 unspecified atom stereocenters. The number of carbonyl (C=O) groups is 1. The van der Waals surface area contributed by atoms with Gasteiger partial charge in [-0.2, -0.15) is 0 Å². The standard InChI is InChI=1S/C16H20O4/c1-16(2,3)20-15(17)10-9-13-14(19-13)11-18-12-7-5-4-6-8-12/h4-10,13-14H,11H2,1-3H3/b10-9+/t13-,14-/m0/s1. The summed E-state index contributed by atoms with van der Waals surface area (Å²) in [4.78, 5) is 11.5. The van der Waals surface area contributed by atoms with E-state index in [1.54, 1.807) is 6.08 Å². The summed E-state index contributed by atoms with van der Waals surface area (Å²) in [6, 6.07) is 9.57. The van der Waals surface area contributed by atoms with Crippen molar-refractivity contribution in [3.63, 3.8) is 0 Å². The van der Waals surface area contributed by atoms with Gasteiger partial charge in [-0.1, -0.05) is 18.2 Å². The second-order valence-corrected chi connectivity index (χ2v) is 5.66. The zero-order valence-electron chi connectivity index (χ0n) is 12.0. The Morgan fingerprint density at radius 2 is 2.00 bits per heavy atom. The maximum atomic E-state index is 11.5. The van der Waals surface area contributed by atoms with Crippen LogP contribution in [0.3, 0.4) is 0 Å². The van der Waals surface area contributed by atoms with Crippen molar-refractivity contribution < 1.29 is 19.0 Å². The minimum Gasteiger partial charge on any atom is -0.491 e. The van der Waals surface area contributed by atoms with Gasteiger partial charge in [0.15, 0.2) is 0 Å². The molecular weight excluding hydrogens is 256 g/mol. The van der Waals surface area contributed by atoms with Crippen molar-refractivity contribution in [1.29, 1.82) is 0 Å². The van der Waals surface area contributed by atoms with Crippen molar-refractivity contribution in [2.24, 2.45) is 0 Å². The Bertz CT molecular complexity index is 473. The molecule has 1 aromatic carbocycles. The number of epoxide rings is 1. The van der Waals surface area contributed by atoms with Crippen LogP contribution in [0.5, 0.6) is 5.75 Å². The van der Waals surface area contributed by atoms with E-state index in [9.17, 15) is 4.79 Å². The highest BCUT2D eigenvalue weighted by Crippen LogP contribution is 2.24. The van der Waals surface area contributed by atoms with Crippen LogP contribution in [-0.4, -0.2) is 30.4 Å². The molecule has 0 saturated carbocycles. The number of carbonyl (C=O) groups excluding carboxylic acids is 1. The normalized spacial score (nSPS) is 21.8. The van der Waals surface area contributed by atoms with Crippen molar-refractivity contribution in [2.75, 3.05) is 6.61 Å². The molecule has 4 nitrogen and oxygen atoms in total. The Hall–Kier alpha value is -1.81. The van der Waals surface area contributed by atoms with E-state index < -0.39 is 5.60 Å². The summed E-state index contributed by atoms with van der Waals surface area (Å²) in [5.41, 5.74) is -0.471. The van der Waals surface area contributed by atoms with Crippen LogP contribution >= 0.6 is 0 Å². The van der Waals surface area contributed by atoms with Crippen LogP contribution in [0.1, 0.15) is 20.8 Å². The van der Waals surface area contributed by atoms with Crippen molar-refractivity contribution in [3.05, 3.63) is 42.5 Å². The molecule has 1 aliphatic heterocycles. The van der Waals surface area contributed by atoms with E-state index >= 15 is 0 Å². The fourth-order valence-corrected chi connectivity index (χ4v) is 1.66. The smallest absolute Gasteiger partial charge is 0.331 e. The number of hydrogen-bond acceptors (Lipinski definition) is 4. The summed E-state index contributed by atoms with van der Waals surface area (Å²) in [6.07, 6.45) is 3.08. The highest BCUT2D eigenvalue weighted by molar-refractivity contribution is 5.82. The van der Waals surface area contributed by atoms with Crippen LogP contribution in [0.2, 0.25) is 0 Å². The van der Waals surface area contributed by atoms with E-state index in [1.165, 1.54) is 6.08 Å². The summed E-state index contributed by atoms with van der Waals surface area (Å²) in [5.74, 6) is 0.466. The van der Waals surface area contributed by atoms with Crippen molar-refractivity contribution >= 4 is 5.97 Å². The van der Waals surface area contributed by atoms with E-state index in [-0.39, 0.29) is 18.2 Å². The lowest BCUT2D eigenvalue weighted by atomic mass is 10.2. The van der Waals surface area contributed by atoms with Gasteiger partial charge in [0.05, 0.1) is 0 Å². The zero-order valence-corrected chi connectivity index (χ0v) is 12.0. The van der Waals surface area contributed by atoms with Crippen LogP contribution in [0, 0.1) is 0 Å². The highest BCUT2D eigenvalue weighted by atomic mass is 16.6. The van der Waals surface area contributed by atoms with Crippen LogP contribution in [0.4, 0.5) is 0 Å². The van der Waals surface area contributed by atoms with Crippen molar-refractivity contribution in [2.45, 2.75) is 38.6 Å². The van der Waals surface area contributed by atoms with Crippen LogP contribution in [0.25, 0.3) is 0 Å². The summed E-state index contributed by atoms with van der Waals surface area (Å²) >= 11 is 0. The topological polar surface area (TPSA) is 48.1 Å². The lowest BCUT2D eigenvalue weighted by Gasteiger charge is -2.17. The molecule has 2 atom stereocenters. The van der Waals surface area contributed by atoms with Gasteiger partial charge in [-0.25, -0.2) is 4.79 Å². The molecular formula is C16H20O4. The van der Waals surface area contributed by atoms with Crippen LogP contribution in [-0.2, 0) is 14.3 Å². The first-order valence-electron chi connectivity index (χ1n) is 6.68. The minimum absolute atomic E-state index is 0.00823. The highest BCUT2D eigenvalue weighted by Gasteiger charge is 2.37. The van der Waals surface area contributed by atoms with Gasteiger partial charge in [-0.15, -0.1) is 0 Å². The first-order valence-corrected chi connectivity index (χ1v) is 6.68. The zero-order chi connectivity index (χ0) is 14.6. The quantitative estimate of drug-likeness (QED) is 0.471. The van der Waals surface area contributed by atoms with E-state index in [1.807, 2.05) is 51.1 Å². The van der Waals surface area contributed by atoms with Gasteiger partial charge in [0.1, 0.15) is 30.2 Å². The van der Waals surface area contributed by atoms with E-state index in [2.05, 4.69) is 0 Å². The molecule has 1 heterocycles. The number of benzene rings is 1. The molecule has 0 N–H and O–H groups in total. The average molecular weight is 276 g/mol. The molecule has 1 saturated heterocycles. The molecule has 0 aliphatic carbocycles. The van der Waals surface area contributed by atoms with Gasteiger partial charge in [-0.05, 0) is 39.0 Å². The molecule has 1 aliphatic rings. The van der Waals surface area contributed by atoms with Crippen LogP contribution in [0.15, 0.2) is 42.5 Å². The summed E-state index contributed by atoms with van der Waals surface area (Å²) < 4.78 is 16.1. The first kappa shape index (κ1) is 14.6. The molecule has 4 heteroatoms. The predicted octanol–water partition coefficient (Wildman–Crippen LogP) is 2.73. The number of para-hydroxylation sites is 1. The summed E-state index contributed by atoms with van der Waals surface area (Å²) in [6.45, 7) is 5.99. The molecule has 1 aromatic rings. The van der Waals surface area contributed by atoms with Crippen molar-refractivity contribution in [3.8, 4) is 5.75 Å². The average Bonchev–Trinajstić information content (AvgIpc) is 3.12. The third kappa shape index (κ3) is 5.05. The van der Waals surface area contributed by atoms with Gasteiger partial charge in [0.2, 0.25) is 0 Å². The lowest BCUT2D eigenvalue weighted by molar-refractivity contribution is -0.148. The van der Waals surface area contributed by atoms with E-state index in [4.69, 9.17) is 14.2 Å². The lowest BCUT2D eigenvalue weighted by Crippen LogP contribution is -2.22. The molecule has 2 rings (SSSR count). The fourth-order valence-electron chi connectivity index (χ4n) is 1.66. The third-order valence-electron chi connectivity index (χ3n) is 2.61. The molecule has 0 aromatic heterocycles. The largest absolute Gasteiger partial charge is 0.491 e. The molecule has 0 bridgehead atoms. The molecule has 1 fully saturated rings. The number of rotatable bonds is 5. The Morgan fingerprint density at radius 1 is 1.30 bits per heavy atom. The van der Waals surface area contributed by atoms with E-state index in [0.29, 0.717) is 6.61 Å². The molecule has 0 amide bonds. The van der Waals surface area contributed by atoms with E-state index in [0.717, 1.165) is 5.75 Å². The maximum Gasteiger partial charge on any atom is 0.331 e. The molecule has 108 valence electrons. The van der Waals surface area contributed by atoms with Gasteiger partial charge in [0, 0.05) is 6.08 Å². The maximum absolute atomic E-state index is 11.5. The number of ether oxygens (including phenoxy) is 3. The Balaban J connectivity index is 1.69. The Kier molecular flexibility index (Phi) is 4.45. The Morgan fingerprint density at radius 3 is 2.65 bits per heavy atom. The Labute approximate surface area is 119 Å². The first-order chi connectivity index (χ1) is 9.44. The molecule has 20 heavy (non-hydrogen) atoms. The monoisotopic (exact) mass is 276 g/mol. The summed E-state index contributed by atoms with van der Waals surface area (Å²) in [5, 5.41) is 0. The minimum atomic E-state index is -0.471. The molecule has 0 spiro atoms.